The normalized spacial score (nSPS) is 17.2. The molecule has 13 heavy (non-hydrogen) atoms. The average Bonchev–Trinajstić information content (AvgIpc) is 2.60. The van der Waals surface area contributed by atoms with Gasteiger partial charge in [0, 0.05) is 0 Å². The van der Waals surface area contributed by atoms with Gasteiger partial charge in [-0.25, -0.2) is 0 Å². The van der Waals surface area contributed by atoms with Crippen LogP contribution in [0.5, 0.6) is 0 Å². The number of halogens is 2. The van der Waals surface area contributed by atoms with Crippen molar-refractivity contribution in [3.8, 4) is 0 Å². The molecule has 0 heterocycles. The first kappa shape index (κ1) is 13.1. The summed E-state index contributed by atoms with van der Waals surface area (Å²) in [4.78, 5) is 0. The topological polar surface area (TPSA) is 0 Å². The molecule has 0 unspecified atom stereocenters. The zero-order valence-electron chi connectivity index (χ0n) is 7.14. The predicted molar refractivity (Wildman–Crippen MR) is 58.2 cm³/mol. The molecule has 0 saturated carbocycles. The van der Waals surface area contributed by atoms with Crippen LogP contribution in [0, 0.1) is 0 Å². The van der Waals surface area contributed by atoms with Gasteiger partial charge in [-0.3, -0.25) is 0 Å². The van der Waals surface area contributed by atoms with E-state index in [1.165, 1.54) is 12.8 Å². The third kappa shape index (κ3) is 3.78. The fraction of sp³-hybridized carbons (Fsp3) is 0.200. The third-order valence-electron chi connectivity index (χ3n) is 1.79. The molecule has 0 fully saturated rings. The zero-order valence-corrected chi connectivity index (χ0v) is 10.2. The number of rotatable bonds is 2. The summed E-state index contributed by atoms with van der Waals surface area (Å²) in [6, 6.07) is 0. The van der Waals surface area contributed by atoms with Crippen LogP contribution >= 0.6 is 24.8 Å². The van der Waals surface area contributed by atoms with Gasteiger partial charge in [0.25, 0.3) is 0 Å². The Morgan fingerprint density at radius 2 is 1.31 bits per heavy atom. The maximum absolute atomic E-state index is 2.28. The Morgan fingerprint density at radius 3 is 1.62 bits per heavy atom. The van der Waals surface area contributed by atoms with Gasteiger partial charge in [0.2, 0.25) is 0 Å². The minimum absolute atomic E-state index is 0. The molecule has 2 rings (SSSR count). The summed E-state index contributed by atoms with van der Waals surface area (Å²) in [6.45, 7) is 0. The van der Waals surface area contributed by atoms with Crippen molar-refractivity contribution in [2.75, 3.05) is 0 Å². The monoisotopic (exact) mass is 253 g/mol. The summed E-state index contributed by atoms with van der Waals surface area (Å²) in [5.74, 6) is 0. The van der Waals surface area contributed by atoms with Crippen LogP contribution in [0.15, 0.2) is 45.0 Å². The van der Waals surface area contributed by atoms with Gasteiger partial charge in [0.05, 0.1) is 0 Å². The molecule has 0 aromatic carbocycles. The van der Waals surface area contributed by atoms with Crippen LogP contribution in [0.25, 0.3) is 0 Å². The van der Waals surface area contributed by atoms with Crippen molar-refractivity contribution in [3.63, 3.8) is 0 Å². The van der Waals surface area contributed by atoms with Crippen molar-refractivity contribution in [1.29, 1.82) is 0 Å². The molecule has 0 aromatic rings. The second-order valence-electron chi connectivity index (χ2n) is 2.69. The Bertz CT molecular complexity index is 247. The zero-order chi connectivity index (χ0) is 7.52. The average molecular weight is 254 g/mol. The van der Waals surface area contributed by atoms with Crippen LogP contribution in [-0.4, -0.2) is 0 Å². The maximum Gasteiger partial charge on any atom is -0.147 e. The standard InChI is InChI=1S/2C5H5.2ClH.V/c2*1-2-4-5-3-1;;;/h2*1-3H,4H2;2*1H;. The molecule has 71 valence electrons. The van der Waals surface area contributed by atoms with E-state index in [2.05, 4.69) is 36.5 Å². The second kappa shape index (κ2) is 6.56. The Labute approximate surface area is 98.7 Å². The van der Waals surface area contributed by atoms with Gasteiger partial charge < -0.3 is 0 Å². The van der Waals surface area contributed by atoms with E-state index in [1.54, 1.807) is 8.57 Å². The smallest absolute Gasteiger partial charge is 0.147 e. The largest absolute Gasteiger partial charge is 0.147 e. The molecule has 0 spiro atoms. The minimum Gasteiger partial charge on any atom is -0.147 e. The molecule has 2 aliphatic rings. The SMILES string of the molecule is C1=CC[C]([V][C]2=CC=CC2)=C1.Cl.Cl. The molecule has 0 radical (unpaired) electrons. The molecule has 0 bridgehead atoms. The van der Waals surface area contributed by atoms with E-state index in [1.807, 2.05) is 0 Å². The maximum atomic E-state index is 2.28. The van der Waals surface area contributed by atoms with Crippen LogP contribution in [0.2, 0.25) is 0 Å². The first-order valence-electron chi connectivity index (χ1n) is 3.88. The van der Waals surface area contributed by atoms with Gasteiger partial charge in [-0.2, -0.15) is 0 Å². The van der Waals surface area contributed by atoms with Crippen LogP contribution in [0.1, 0.15) is 12.8 Å². The van der Waals surface area contributed by atoms with Crippen LogP contribution in [-0.2, 0) is 16.3 Å². The molecular weight excluding hydrogens is 242 g/mol. The molecule has 0 amide bonds. The van der Waals surface area contributed by atoms with E-state index < -0.39 is 0 Å². The molecule has 3 heteroatoms. The Hall–Kier alpha value is 0.124. The molecule has 2 aliphatic carbocycles. The van der Waals surface area contributed by atoms with Gasteiger partial charge in [-0.1, -0.05) is 0 Å². The summed E-state index contributed by atoms with van der Waals surface area (Å²) >= 11 is 0.358. The van der Waals surface area contributed by atoms with Gasteiger partial charge >= 0.3 is 74.2 Å². The first-order chi connectivity index (χ1) is 5.45. The third-order valence-corrected chi connectivity index (χ3v) is 3.72. The van der Waals surface area contributed by atoms with E-state index in [4.69, 9.17) is 0 Å². The Kier molecular flexibility index (Phi) is 6.62. The van der Waals surface area contributed by atoms with Crippen LogP contribution in [0.4, 0.5) is 0 Å². The van der Waals surface area contributed by atoms with Crippen molar-refractivity contribution in [2.45, 2.75) is 12.8 Å². The van der Waals surface area contributed by atoms with E-state index in [-0.39, 0.29) is 24.8 Å². The Morgan fingerprint density at radius 1 is 0.846 bits per heavy atom. The molecule has 0 N–H and O–H groups in total. The van der Waals surface area contributed by atoms with Gasteiger partial charge in [-0.05, 0) is 0 Å². The van der Waals surface area contributed by atoms with E-state index in [0.29, 0.717) is 16.3 Å². The summed E-state index contributed by atoms with van der Waals surface area (Å²) in [6.07, 6.45) is 15.8. The fourth-order valence-corrected chi connectivity index (χ4v) is 2.91. The van der Waals surface area contributed by atoms with E-state index >= 15 is 0 Å². The first-order valence-corrected chi connectivity index (χ1v) is 5.28. The number of hydrogen-bond acceptors (Lipinski definition) is 0. The predicted octanol–water partition coefficient (Wildman–Crippen LogP) is 3.60. The second-order valence-corrected chi connectivity index (χ2v) is 4.84. The molecule has 0 saturated heterocycles. The minimum atomic E-state index is 0. The van der Waals surface area contributed by atoms with Gasteiger partial charge in [0.15, 0.2) is 0 Å². The molecule has 0 nitrogen and oxygen atoms in total. The van der Waals surface area contributed by atoms with Crippen molar-refractivity contribution in [3.05, 3.63) is 45.0 Å². The van der Waals surface area contributed by atoms with Crippen molar-refractivity contribution < 1.29 is 16.3 Å². The van der Waals surface area contributed by atoms with E-state index in [0.717, 1.165) is 0 Å². The molecule has 0 aromatic heterocycles. The summed E-state index contributed by atoms with van der Waals surface area (Å²) in [5, 5.41) is 0. The van der Waals surface area contributed by atoms with Crippen molar-refractivity contribution >= 4 is 24.8 Å². The quantitative estimate of drug-likeness (QED) is 0.706. The van der Waals surface area contributed by atoms with Crippen LogP contribution < -0.4 is 0 Å². The van der Waals surface area contributed by atoms with E-state index in [9.17, 15) is 0 Å². The number of hydrogen-bond donors (Lipinski definition) is 0. The number of allylic oxidation sites excluding steroid dienone is 8. The van der Waals surface area contributed by atoms with Crippen molar-refractivity contribution in [2.24, 2.45) is 0 Å². The summed E-state index contributed by atoms with van der Waals surface area (Å²) in [5.41, 5.74) is 0. The molecular formula is C10H12Cl2V. The van der Waals surface area contributed by atoms with Crippen molar-refractivity contribution in [1.82, 2.24) is 0 Å². The van der Waals surface area contributed by atoms with Crippen LogP contribution in [0.3, 0.4) is 0 Å². The summed E-state index contributed by atoms with van der Waals surface area (Å²) < 4.78 is 3.30. The van der Waals surface area contributed by atoms with Gasteiger partial charge in [0.1, 0.15) is 0 Å². The summed E-state index contributed by atoms with van der Waals surface area (Å²) in [7, 11) is 0. The molecule has 0 atom stereocenters. The van der Waals surface area contributed by atoms with Gasteiger partial charge in [-0.15, -0.1) is 24.8 Å². The Balaban J connectivity index is 0.000000720. The molecule has 0 aliphatic heterocycles. The fourth-order valence-electron chi connectivity index (χ4n) is 1.22.